The minimum Gasteiger partial charge on any atom is -0.257 e. The van der Waals surface area contributed by atoms with Crippen molar-refractivity contribution in [3.63, 3.8) is 0 Å². The molecule has 1 fully saturated rings. The topological polar surface area (TPSA) is 29.1 Å². The number of nitrogens with zero attached hydrogens (tertiary/aromatic N) is 1. The molecule has 1 aliphatic heterocycles. The second-order valence-electron chi connectivity index (χ2n) is 2.66. The van der Waals surface area contributed by atoms with Crippen molar-refractivity contribution in [3.8, 4) is 0 Å². The molecule has 0 aliphatic carbocycles. The van der Waals surface area contributed by atoms with Crippen LogP contribution in [-0.2, 0) is 4.79 Å². The second kappa shape index (κ2) is 1.53. The molecule has 1 heterocycles. The summed E-state index contributed by atoms with van der Waals surface area (Å²) < 4.78 is 0.486. The molecule has 0 aromatic heterocycles. The average molecular weight is 115 g/mol. The Labute approximate surface area is 48.9 Å². The zero-order chi connectivity index (χ0) is 6.20. The SMILES string of the molecule is C[N+]1(C)CNCC1=O. The minimum atomic E-state index is 0.269. The Morgan fingerprint density at radius 3 is 2.38 bits per heavy atom. The highest BCUT2D eigenvalue weighted by Gasteiger charge is 2.31. The van der Waals surface area contributed by atoms with Gasteiger partial charge in [-0.1, -0.05) is 0 Å². The summed E-state index contributed by atoms with van der Waals surface area (Å²) in [6.45, 7) is 1.31. The molecule has 1 saturated heterocycles. The lowest BCUT2D eigenvalue weighted by Crippen LogP contribution is -2.41. The predicted molar refractivity (Wildman–Crippen MR) is 30.0 cm³/mol. The number of carbonyl (C=O) groups is 1. The van der Waals surface area contributed by atoms with Gasteiger partial charge in [0, 0.05) is 0 Å². The van der Waals surface area contributed by atoms with E-state index >= 15 is 0 Å². The van der Waals surface area contributed by atoms with Crippen LogP contribution in [-0.4, -0.2) is 37.7 Å². The van der Waals surface area contributed by atoms with Crippen LogP contribution in [0.5, 0.6) is 0 Å². The number of carbonyl (C=O) groups excluding carboxylic acids is 1. The monoisotopic (exact) mass is 115 g/mol. The van der Waals surface area contributed by atoms with Crippen LogP contribution in [0.1, 0.15) is 0 Å². The summed E-state index contributed by atoms with van der Waals surface area (Å²) in [6, 6.07) is 0. The van der Waals surface area contributed by atoms with Gasteiger partial charge in [0.1, 0.15) is 13.2 Å². The smallest absolute Gasteiger partial charge is 0.257 e. The van der Waals surface area contributed by atoms with Gasteiger partial charge in [0.2, 0.25) is 0 Å². The normalized spacial score (nSPS) is 26.5. The van der Waals surface area contributed by atoms with Crippen molar-refractivity contribution in [1.29, 1.82) is 0 Å². The molecule has 46 valence electrons. The predicted octanol–water partition coefficient (Wildman–Crippen LogP) is -0.850. The summed E-state index contributed by atoms with van der Waals surface area (Å²) in [5.74, 6) is 0.269. The number of hydrogen-bond acceptors (Lipinski definition) is 2. The van der Waals surface area contributed by atoms with Crippen LogP contribution in [0.15, 0.2) is 0 Å². The van der Waals surface area contributed by atoms with E-state index in [0.717, 1.165) is 6.67 Å². The third-order valence-corrected chi connectivity index (χ3v) is 1.46. The lowest BCUT2D eigenvalue weighted by molar-refractivity contribution is -0.806. The van der Waals surface area contributed by atoms with Crippen molar-refractivity contribution >= 4 is 5.91 Å². The fourth-order valence-electron chi connectivity index (χ4n) is 0.745. The molecule has 0 aromatic rings. The lowest BCUT2D eigenvalue weighted by atomic mass is 10.5. The molecule has 1 rings (SSSR count). The van der Waals surface area contributed by atoms with Crippen LogP contribution < -0.4 is 5.32 Å². The first kappa shape index (κ1) is 5.72. The first-order chi connectivity index (χ1) is 3.63. The van der Waals surface area contributed by atoms with Crippen molar-refractivity contribution in [3.05, 3.63) is 0 Å². The molecule has 3 heteroatoms. The van der Waals surface area contributed by atoms with Crippen LogP contribution in [0, 0.1) is 0 Å². The van der Waals surface area contributed by atoms with Gasteiger partial charge in [0.15, 0.2) is 0 Å². The van der Waals surface area contributed by atoms with Gasteiger partial charge in [0.25, 0.3) is 0 Å². The second-order valence-corrected chi connectivity index (χ2v) is 2.66. The van der Waals surface area contributed by atoms with Crippen LogP contribution in [0.4, 0.5) is 0 Å². The standard InChI is InChI=1S/C5H11N2O/c1-7(2)4-6-3-5(7)8/h6H,3-4H2,1-2H3/q+1. The largest absolute Gasteiger partial charge is 0.328 e. The van der Waals surface area contributed by atoms with Gasteiger partial charge in [-0.15, -0.1) is 0 Å². The molecule has 0 saturated carbocycles. The lowest BCUT2D eigenvalue weighted by Gasteiger charge is -2.17. The van der Waals surface area contributed by atoms with E-state index in [1.807, 2.05) is 14.1 Å². The van der Waals surface area contributed by atoms with E-state index in [4.69, 9.17) is 0 Å². The number of likely N-dealkylation sites (N-methyl/N-ethyl adjacent to an activating group) is 1. The third-order valence-electron chi connectivity index (χ3n) is 1.46. The first-order valence-electron chi connectivity index (χ1n) is 2.70. The summed E-state index contributed by atoms with van der Waals surface area (Å²) in [5, 5.41) is 2.98. The quantitative estimate of drug-likeness (QED) is 0.417. The summed E-state index contributed by atoms with van der Waals surface area (Å²) >= 11 is 0. The van der Waals surface area contributed by atoms with Gasteiger partial charge in [-0.3, -0.25) is 9.80 Å². The maximum Gasteiger partial charge on any atom is 0.328 e. The molecule has 0 atom stereocenters. The van der Waals surface area contributed by atoms with Gasteiger partial charge in [0.05, 0.1) is 14.1 Å². The van der Waals surface area contributed by atoms with Crippen LogP contribution >= 0.6 is 0 Å². The Hall–Kier alpha value is -0.410. The zero-order valence-electron chi connectivity index (χ0n) is 5.27. The van der Waals surface area contributed by atoms with E-state index in [1.165, 1.54) is 0 Å². The van der Waals surface area contributed by atoms with Gasteiger partial charge < -0.3 is 0 Å². The highest BCUT2D eigenvalue weighted by Crippen LogP contribution is 2.00. The maximum absolute atomic E-state index is 10.8. The Bertz CT molecular complexity index is 120. The van der Waals surface area contributed by atoms with Crippen molar-refractivity contribution in [1.82, 2.24) is 5.32 Å². The Balaban J connectivity index is 2.68. The number of nitrogens with one attached hydrogen (secondary N) is 1. The molecule has 1 aliphatic rings. The molecule has 1 amide bonds. The van der Waals surface area contributed by atoms with Gasteiger partial charge >= 0.3 is 5.91 Å². The molecule has 1 N–H and O–H groups in total. The van der Waals surface area contributed by atoms with E-state index in [0.29, 0.717) is 11.0 Å². The van der Waals surface area contributed by atoms with E-state index in [-0.39, 0.29) is 5.91 Å². The third kappa shape index (κ3) is 0.743. The summed E-state index contributed by atoms with van der Waals surface area (Å²) in [7, 11) is 3.81. The molecule has 0 spiro atoms. The summed E-state index contributed by atoms with van der Waals surface area (Å²) in [4.78, 5) is 10.8. The highest BCUT2D eigenvalue weighted by atomic mass is 16.2. The molecular formula is C5H11N2O+. The van der Waals surface area contributed by atoms with Crippen molar-refractivity contribution in [2.75, 3.05) is 27.3 Å². The van der Waals surface area contributed by atoms with Gasteiger partial charge in [-0.25, -0.2) is 4.79 Å². The van der Waals surface area contributed by atoms with E-state index in [9.17, 15) is 4.79 Å². The molecule has 0 bridgehead atoms. The average Bonchev–Trinajstić information content (AvgIpc) is 1.86. The Morgan fingerprint density at radius 1 is 1.62 bits per heavy atom. The van der Waals surface area contributed by atoms with Gasteiger partial charge in [-0.2, -0.15) is 0 Å². The van der Waals surface area contributed by atoms with Crippen molar-refractivity contribution < 1.29 is 9.28 Å². The zero-order valence-corrected chi connectivity index (χ0v) is 5.27. The Morgan fingerprint density at radius 2 is 2.25 bits per heavy atom. The summed E-state index contributed by atoms with van der Waals surface area (Å²) in [5.41, 5.74) is 0. The van der Waals surface area contributed by atoms with Crippen LogP contribution in [0.25, 0.3) is 0 Å². The number of amides is 1. The number of hydrogen-bond donors (Lipinski definition) is 1. The summed E-state index contributed by atoms with van der Waals surface area (Å²) in [6.07, 6.45) is 0. The molecule has 3 nitrogen and oxygen atoms in total. The number of rotatable bonds is 0. The van der Waals surface area contributed by atoms with Crippen LogP contribution in [0.3, 0.4) is 0 Å². The fourth-order valence-corrected chi connectivity index (χ4v) is 0.745. The highest BCUT2D eigenvalue weighted by molar-refractivity contribution is 5.72. The van der Waals surface area contributed by atoms with Gasteiger partial charge in [-0.05, 0) is 0 Å². The fraction of sp³-hybridized carbons (Fsp3) is 0.800. The molecule has 0 unspecified atom stereocenters. The Kier molecular flexibility index (Phi) is 1.10. The maximum atomic E-state index is 10.8. The minimum absolute atomic E-state index is 0.269. The molecular weight excluding hydrogens is 104 g/mol. The van der Waals surface area contributed by atoms with E-state index in [1.54, 1.807) is 0 Å². The molecule has 8 heavy (non-hydrogen) atoms. The van der Waals surface area contributed by atoms with E-state index < -0.39 is 0 Å². The first-order valence-corrected chi connectivity index (χ1v) is 2.70. The van der Waals surface area contributed by atoms with Crippen molar-refractivity contribution in [2.45, 2.75) is 0 Å². The number of quaternary nitrogens is 1. The van der Waals surface area contributed by atoms with E-state index in [2.05, 4.69) is 5.32 Å². The molecule has 0 radical (unpaired) electrons. The van der Waals surface area contributed by atoms with Crippen LogP contribution in [0.2, 0.25) is 0 Å². The van der Waals surface area contributed by atoms with Crippen molar-refractivity contribution in [2.24, 2.45) is 0 Å². The molecule has 0 aromatic carbocycles.